The molecule has 0 bridgehead atoms. The number of nitrogens with one attached hydrogen (secondary N) is 1. The molecule has 2 heterocycles. The van der Waals surface area contributed by atoms with E-state index in [2.05, 4.69) is 10.3 Å². The number of aryl methyl sites for hydroxylation is 1. The van der Waals surface area contributed by atoms with Gasteiger partial charge in [0.2, 0.25) is 5.89 Å². The van der Waals surface area contributed by atoms with Gasteiger partial charge in [-0.15, -0.1) is 11.3 Å². The van der Waals surface area contributed by atoms with E-state index >= 15 is 0 Å². The number of oxazole rings is 1. The maximum atomic E-state index is 13.6. The fourth-order valence-corrected chi connectivity index (χ4v) is 6.64. The van der Waals surface area contributed by atoms with Gasteiger partial charge in [0.25, 0.3) is 5.91 Å². The molecule has 0 radical (unpaired) electrons. The molecule has 208 valence electrons. The second-order valence-electron chi connectivity index (χ2n) is 9.89. The van der Waals surface area contributed by atoms with E-state index < -0.39 is 23.9 Å². The lowest BCUT2D eigenvalue weighted by molar-refractivity contribution is -0.124. The molecule has 8 nitrogen and oxygen atoms in total. The Hall–Kier alpha value is -4.50. The fraction of sp³-hybridized carbons (Fsp3) is 0.250. The Morgan fingerprint density at radius 1 is 1.00 bits per heavy atom. The molecule has 0 spiro atoms. The maximum Gasteiger partial charge on any atom is 0.341 e. The first-order chi connectivity index (χ1) is 20.0. The number of carbonyl (C=O) groups is 3. The molecule has 41 heavy (non-hydrogen) atoms. The van der Waals surface area contributed by atoms with E-state index in [-0.39, 0.29) is 6.42 Å². The molecule has 0 saturated heterocycles. The van der Waals surface area contributed by atoms with Crippen LogP contribution in [0.5, 0.6) is 0 Å². The Morgan fingerprint density at radius 2 is 1.78 bits per heavy atom. The first-order valence-electron chi connectivity index (χ1n) is 13.6. The standard InChI is InChI=1S/C32H28N2O6S/c1-3-23(28(35)34-30-27(32(37)38-2)19-12-4-7-17-25(19)41-30)40-31(36)21-14-9-11-18-10-8-13-20(26(18)21)29-33-22-15-5-6-16-24(22)39-29/h5-6,8-11,13-16,23H,3-4,7,12,17H2,1-2H3,(H,34,35). The second kappa shape index (κ2) is 11.2. The predicted octanol–water partition coefficient (Wildman–Crippen LogP) is 6.95. The van der Waals surface area contributed by atoms with Crippen LogP contribution < -0.4 is 5.32 Å². The Labute approximate surface area is 240 Å². The third-order valence-electron chi connectivity index (χ3n) is 7.36. The lowest BCUT2D eigenvalue weighted by Gasteiger charge is -2.17. The molecular weight excluding hydrogens is 540 g/mol. The maximum absolute atomic E-state index is 13.6. The van der Waals surface area contributed by atoms with Gasteiger partial charge in [-0.3, -0.25) is 4.79 Å². The fourth-order valence-electron chi connectivity index (χ4n) is 5.36. The van der Waals surface area contributed by atoms with Crippen molar-refractivity contribution in [3.05, 3.63) is 82.2 Å². The van der Waals surface area contributed by atoms with Crippen molar-refractivity contribution >= 4 is 56.1 Å². The molecule has 0 aliphatic heterocycles. The molecular formula is C32H28N2O6S. The monoisotopic (exact) mass is 568 g/mol. The minimum absolute atomic E-state index is 0.249. The lowest BCUT2D eigenvalue weighted by Crippen LogP contribution is -2.32. The van der Waals surface area contributed by atoms with Crippen LogP contribution in [0.15, 0.2) is 65.1 Å². The Kier molecular flexibility index (Phi) is 7.28. The zero-order valence-electron chi connectivity index (χ0n) is 22.7. The van der Waals surface area contributed by atoms with E-state index in [4.69, 9.17) is 13.9 Å². The van der Waals surface area contributed by atoms with Crippen LogP contribution in [0, 0.1) is 0 Å². The van der Waals surface area contributed by atoms with E-state index in [0.717, 1.165) is 41.5 Å². The number of ether oxygens (including phenoxy) is 2. The van der Waals surface area contributed by atoms with Crippen molar-refractivity contribution in [2.45, 2.75) is 45.1 Å². The van der Waals surface area contributed by atoms with Gasteiger partial charge < -0.3 is 19.2 Å². The van der Waals surface area contributed by atoms with E-state index in [9.17, 15) is 14.4 Å². The third kappa shape index (κ3) is 4.97. The van der Waals surface area contributed by atoms with Crippen LogP contribution in [0.3, 0.4) is 0 Å². The van der Waals surface area contributed by atoms with Crippen LogP contribution in [0.1, 0.15) is 57.3 Å². The van der Waals surface area contributed by atoms with E-state index in [1.54, 1.807) is 19.1 Å². The van der Waals surface area contributed by atoms with Crippen LogP contribution in [0.2, 0.25) is 0 Å². The molecule has 1 N–H and O–H groups in total. The zero-order chi connectivity index (χ0) is 28.5. The first kappa shape index (κ1) is 26.7. The van der Waals surface area contributed by atoms with Crippen LogP contribution in [0.4, 0.5) is 5.00 Å². The zero-order valence-corrected chi connectivity index (χ0v) is 23.5. The Balaban J connectivity index is 1.30. The summed E-state index contributed by atoms with van der Waals surface area (Å²) in [6.07, 6.45) is 2.81. The molecule has 1 unspecified atom stereocenters. The number of nitrogens with zero attached hydrogens (tertiary/aromatic N) is 1. The molecule has 5 aromatic rings. The minimum atomic E-state index is -1.07. The van der Waals surface area contributed by atoms with E-state index in [1.165, 1.54) is 18.4 Å². The summed E-state index contributed by atoms with van der Waals surface area (Å²) in [4.78, 5) is 45.3. The van der Waals surface area contributed by atoms with Gasteiger partial charge in [-0.25, -0.2) is 14.6 Å². The average Bonchev–Trinajstić information content (AvgIpc) is 3.60. The quantitative estimate of drug-likeness (QED) is 0.212. The van der Waals surface area contributed by atoms with Crippen molar-refractivity contribution < 1.29 is 28.3 Å². The summed E-state index contributed by atoms with van der Waals surface area (Å²) < 4.78 is 16.8. The number of carbonyl (C=O) groups excluding carboxylic acids is 3. The number of benzene rings is 3. The highest BCUT2D eigenvalue weighted by Crippen LogP contribution is 2.39. The number of rotatable bonds is 7. The van der Waals surface area contributed by atoms with Crippen LogP contribution in [-0.2, 0) is 27.1 Å². The molecule has 2 aromatic heterocycles. The van der Waals surface area contributed by atoms with Gasteiger partial charge in [-0.1, -0.05) is 43.3 Å². The van der Waals surface area contributed by atoms with Crippen molar-refractivity contribution in [3.63, 3.8) is 0 Å². The van der Waals surface area contributed by atoms with Crippen molar-refractivity contribution in [2.24, 2.45) is 0 Å². The minimum Gasteiger partial charge on any atom is -0.465 e. The second-order valence-corrected chi connectivity index (χ2v) is 11.0. The number of thiophene rings is 1. The number of aromatic nitrogens is 1. The summed E-state index contributed by atoms with van der Waals surface area (Å²) in [5.41, 5.74) is 3.64. The molecule has 0 fully saturated rings. The van der Waals surface area contributed by atoms with E-state index in [1.807, 2.05) is 48.5 Å². The number of para-hydroxylation sites is 2. The lowest BCUT2D eigenvalue weighted by atomic mass is 9.95. The number of fused-ring (bicyclic) bond motifs is 3. The predicted molar refractivity (Wildman–Crippen MR) is 157 cm³/mol. The summed E-state index contributed by atoms with van der Waals surface area (Å²) >= 11 is 1.39. The summed E-state index contributed by atoms with van der Waals surface area (Å²) in [7, 11) is 1.33. The van der Waals surface area contributed by atoms with Crippen molar-refractivity contribution in [3.8, 4) is 11.5 Å². The molecule has 9 heteroatoms. The first-order valence-corrected chi connectivity index (χ1v) is 14.4. The van der Waals surface area contributed by atoms with Gasteiger partial charge in [0.1, 0.15) is 10.5 Å². The largest absolute Gasteiger partial charge is 0.465 e. The highest BCUT2D eigenvalue weighted by atomic mass is 32.1. The smallest absolute Gasteiger partial charge is 0.341 e. The van der Waals surface area contributed by atoms with Crippen molar-refractivity contribution in [1.29, 1.82) is 0 Å². The Morgan fingerprint density at radius 3 is 2.56 bits per heavy atom. The van der Waals surface area contributed by atoms with Gasteiger partial charge in [0, 0.05) is 15.8 Å². The molecule has 1 atom stereocenters. The van der Waals surface area contributed by atoms with Gasteiger partial charge >= 0.3 is 11.9 Å². The van der Waals surface area contributed by atoms with Crippen LogP contribution in [0.25, 0.3) is 33.3 Å². The topological polar surface area (TPSA) is 108 Å². The van der Waals surface area contributed by atoms with Gasteiger partial charge in [-0.2, -0.15) is 0 Å². The summed E-state index contributed by atoms with van der Waals surface area (Å²) in [6, 6.07) is 18.4. The number of methoxy groups -OCH3 is 1. The average molecular weight is 569 g/mol. The molecule has 1 amide bonds. The summed E-state index contributed by atoms with van der Waals surface area (Å²) in [5, 5.41) is 4.73. The molecule has 6 rings (SSSR count). The van der Waals surface area contributed by atoms with Gasteiger partial charge in [0.05, 0.1) is 18.2 Å². The third-order valence-corrected chi connectivity index (χ3v) is 8.57. The molecule has 1 aliphatic rings. The van der Waals surface area contributed by atoms with Crippen LogP contribution in [-0.4, -0.2) is 36.0 Å². The Bertz CT molecular complexity index is 1760. The van der Waals surface area contributed by atoms with E-state index in [0.29, 0.717) is 44.1 Å². The number of anilines is 1. The molecule has 1 aliphatic carbocycles. The number of amides is 1. The van der Waals surface area contributed by atoms with Gasteiger partial charge in [0.15, 0.2) is 11.7 Å². The van der Waals surface area contributed by atoms with Gasteiger partial charge in [-0.05, 0) is 67.3 Å². The normalized spacial score (nSPS) is 13.5. The highest BCUT2D eigenvalue weighted by Gasteiger charge is 2.30. The number of hydrogen-bond acceptors (Lipinski definition) is 8. The molecule has 0 saturated carbocycles. The number of esters is 2. The SMILES string of the molecule is CCC(OC(=O)c1cccc2cccc(-c3nc4ccccc4o3)c12)C(=O)Nc1sc2c(c1C(=O)OC)CCCC2. The number of hydrogen-bond donors (Lipinski definition) is 1. The van der Waals surface area contributed by atoms with Crippen molar-refractivity contribution in [1.82, 2.24) is 4.98 Å². The van der Waals surface area contributed by atoms with Crippen LogP contribution >= 0.6 is 11.3 Å². The summed E-state index contributed by atoms with van der Waals surface area (Å²) in [6.45, 7) is 1.77. The summed E-state index contributed by atoms with van der Waals surface area (Å²) in [5.74, 6) is -1.23. The molecule has 3 aromatic carbocycles. The highest BCUT2D eigenvalue weighted by molar-refractivity contribution is 7.17. The van der Waals surface area contributed by atoms with Crippen molar-refractivity contribution in [2.75, 3.05) is 12.4 Å².